The highest BCUT2D eigenvalue weighted by Gasteiger charge is 2.33. The molecule has 0 saturated carbocycles. The summed E-state index contributed by atoms with van der Waals surface area (Å²) < 4.78 is 5.71. The van der Waals surface area contributed by atoms with E-state index in [9.17, 15) is 4.79 Å². The summed E-state index contributed by atoms with van der Waals surface area (Å²) in [5, 5.41) is 3.20. The molecule has 1 aliphatic heterocycles. The Bertz CT molecular complexity index is 350. The molecule has 1 aromatic carbocycles. The van der Waals surface area contributed by atoms with E-state index in [1.165, 1.54) is 0 Å². The number of carbonyl (C=O) groups is 1. The van der Waals surface area contributed by atoms with Crippen LogP contribution >= 0.6 is 12.4 Å². The fourth-order valence-electron chi connectivity index (χ4n) is 1.48. The second-order valence-electron chi connectivity index (χ2n) is 3.70. The number of benzene rings is 1. The van der Waals surface area contributed by atoms with Crippen LogP contribution in [0.5, 0.6) is 5.75 Å². The number of halogens is 1. The third-order valence-corrected chi connectivity index (χ3v) is 2.44. The molecule has 2 rings (SSSR count). The molecule has 1 heterocycles. The number of hydrogen-bond donors (Lipinski definition) is 1. The maximum atomic E-state index is 10.5. The third kappa shape index (κ3) is 2.70. The Labute approximate surface area is 95.2 Å². The van der Waals surface area contributed by atoms with E-state index in [1.54, 1.807) is 12.1 Å². The minimum atomic E-state index is -0.249. The van der Waals surface area contributed by atoms with Crippen LogP contribution in [0.25, 0.3) is 0 Å². The van der Waals surface area contributed by atoms with Crippen molar-refractivity contribution < 1.29 is 9.53 Å². The van der Waals surface area contributed by atoms with E-state index in [4.69, 9.17) is 4.74 Å². The predicted octanol–water partition coefficient (Wildman–Crippen LogP) is 2.01. The van der Waals surface area contributed by atoms with Crippen LogP contribution < -0.4 is 10.1 Å². The van der Waals surface area contributed by atoms with Crippen molar-refractivity contribution in [2.75, 3.05) is 6.54 Å². The van der Waals surface area contributed by atoms with Gasteiger partial charge in [0, 0.05) is 18.5 Å². The van der Waals surface area contributed by atoms with Crippen molar-refractivity contribution in [1.29, 1.82) is 0 Å². The van der Waals surface area contributed by atoms with Crippen molar-refractivity contribution in [2.24, 2.45) is 0 Å². The maximum absolute atomic E-state index is 10.5. The molecule has 1 atom stereocenters. The van der Waals surface area contributed by atoms with E-state index in [0.29, 0.717) is 5.56 Å². The van der Waals surface area contributed by atoms with E-state index in [2.05, 4.69) is 5.32 Å². The smallest absolute Gasteiger partial charge is 0.159 e. The molecular weight excluding hydrogens is 214 g/mol. The highest BCUT2D eigenvalue weighted by Crippen LogP contribution is 2.24. The first-order valence-electron chi connectivity index (χ1n) is 4.71. The molecule has 3 nitrogen and oxygen atoms in total. The summed E-state index contributed by atoms with van der Waals surface area (Å²) in [6, 6.07) is 7.19. The molecule has 1 aliphatic rings. The molecule has 1 fully saturated rings. The first kappa shape index (κ1) is 12.0. The molecule has 0 spiro atoms. The van der Waals surface area contributed by atoms with Gasteiger partial charge in [-0.15, -0.1) is 12.4 Å². The normalized spacial score (nSPS) is 23.5. The molecule has 1 N–H and O–H groups in total. The Kier molecular flexibility index (Phi) is 3.72. The fraction of sp³-hybridized carbons (Fsp3) is 0.364. The molecule has 0 radical (unpaired) electrons. The summed E-state index contributed by atoms with van der Waals surface area (Å²) in [4.78, 5) is 10.5. The SMILES string of the molecule is C[C@@]1(Oc2cccc(C=O)c2)CCN1.Cl. The molecular formula is C11H14ClNO2. The van der Waals surface area contributed by atoms with Crippen LogP contribution in [0.3, 0.4) is 0 Å². The van der Waals surface area contributed by atoms with E-state index < -0.39 is 0 Å². The highest BCUT2D eigenvalue weighted by molar-refractivity contribution is 5.85. The molecule has 0 amide bonds. The van der Waals surface area contributed by atoms with Gasteiger partial charge >= 0.3 is 0 Å². The van der Waals surface area contributed by atoms with E-state index in [-0.39, 0.29) is 18.1 Å². The maximum Gasteiger partial charge on any atom is 0.159 e. The number of carbonyl (C=O) groups excluding carboxylic acids is 1. The number of rotatable bonds is 3. The second kappa shape index (κ2) is 4.64. The second-order valence-corrected chi connectivity index (χ2v) is 3.70. The lowest BCUT2D eigenvalue weighted by molar-refractivity contribution is -0.0106. The summed E-state index contributed by atoms with van der Waals surface area (Å²) in [6.45, 7) is 2.99. The number of ether oxygens (including phenoxy) is 1. The lowest BCUT2D eigenvalue weighted by Gasteiger charge is -2.39. The van der Waals surface area contributed by atoms with Gasteiger partial charge in [-0.25, -0.2) is 0 Å². The van der Waals surface area contributed by atoms with Gasteiger partial charge < -0.3 is 4.74 Å². The monoisotopic (exact) mass is 227 g/mol. The number of nitrogens with one attached hydrogen (secondary N) is 1. The standard InChI is InChI=1S/C11H13NO2.ClH/c1-11(5-6-12-11)14-10-4-2-3-9(7-10)8-13;/h2-4,7-8,12H,5-6H2,1H3;1H/t11-;/m1./s1. The summed E-state index contributed by atoms with van der Waals surface area (Å²) in [7, 11) is 0. The van der Waals surface area contributed by atoms with Crippen molar-refractivity contribution in [3.8, 4) is 5.75 Å². The van der Waals surface area contributed by atoms with Gasteiger partial charge in [0.2, 0.25) is 0 Å². The topological polar surface area (TPSA) is 38.3 Å². The van der Waals surface area contributed by atoms with Gasteiger partial charge in [0.15, 0.2) is 5.72 Å². The van der Waals surface area contributed by atoms with Gasteiger partial charge in [-0.2, -0.15) is 0 Å². The molecule has 1 saturated heterocycles. The lowest BCUT2D eigenvalue weighted by Crippen LogP contribution is -2.58. The zero-order valence-corrected chi connectivity index (χ0v) is 9.34. The molecule has 15 heavy (non-hydrogen) atoms. The van der Waals surface area contributed by atoms with E-state index in [0.717, 1.165) is 25.0 Å². The van der Waals surface area contributed by atoms with Crippen LogP contribution in [-0.2, 0) is 0 Å². The van der Waals surface area contributed by atoms with Crippen LogP contribution in [0, 0.1) is 0 Å². The first-order chi connectivity index (χ1) is 6.72. The zero-order valence-electron chi connectivity index (χ0n) is 8.53. The first-order valence-corrected chi connectivity index (χ1v) is 4.71. The Balaban J connectivity index is 0.00000112. The minimum absolute atomic E-state index is 0. The quantitative estimate of drug-likeness (QED) is 0.803. The van der Waals surface area contributed by atoms with Crippen molar-refractivity contribution in [2.45, 2.75) is 19.1 Å². The Morgan fingerprint density at radius 2 is 2.27 bits per heavy atom. The van der Waals surface area contributed by atoms with Gasteiger partial charge in [0.05, 0.1) is 0 Å². The molecule has 1 aromatic rings. The van der Waals surface area contributed by atoms with Gasteiger partial charge in [-0.3, -0.25) is 10.1 Å². The van der Waals surface area contributed by atoms with Gasteiger partial charge in [0.1, 0.15) is 12.0 Å². The number of aldehydes is 1. The van der Waals surface area contributed by atoms with Crippen molar-refractivity contribution in [3.05, 3.63) is 29.8 Å². The van der Waals surface area contributed by atoms with Crippen LogP contribution in [0.15, 0.2) is 24.3 Å². The van der Waals surface area contributed by atoms with Gasteiger partial charge in [-0.05, 0) is 19.1 Å². The molecule has 82 valence electrons. The third-order valence-electron chi connectivity index (χ3n) is 2.44. The van der Waals surface area contributed by atoms with Crippen LogP contribution in [0.2, 0.25) is 0 Å². The average Bonchev–Trinajstić information content (AvgIpc) is 2.16. The molecule has 0 bridgehead atoms. The molecule has 0 aliphatic carbocycles. The Morgan fingerprint density at radius 1 is 1.53 bits per heavy atom. The lowest BCUT2D eigenvalue weighted by atomic mass is 10.1. The van der Waals surface area contributed by atoms with E-state index >= 15 is 0 Å². The molecule has 0 aromatic heterocycles. The van der Waals surface area contributed by atoms with Crippen LogP contribution in [0.1, 0.15) is 23.7 Å². The van der Waals surface area contributed by atoms with Crippen molar-refractivity contribution >= 4 is 18.7 Å². The summed E-state index contributed by atoms with van der Waals surface area (Å²) in [6.07, 6.45) is 1.82. The molecule has 0 unspecified atom stereocenters. The van der Waals surface area contributed by atoms with Crippen LogP contribution in [-0.4, -0.2) is 18.6 Å². The molecule has 4 heteroatoms. The highest BCUT2D eigenvalue weighted by atomic mass is 35.5. The summed E-state index contributed by atoms with van der Waals surface area (Å²) in [5.74, 6) is 0.740. The van der Waals surface area contributed by atoms with E-state index in [1.807, 2.05) is 19.1 Å². The van der Waals surface area contributed by atoms with Crippen molar-refractivity contribution in [1.82, 2.24) is 5.32 Å². The zero-order chi connectivity index (χ0) is 10.0. The Morgan fingerprint density at radius 3 is 2.80 bits per heavy atom. The van der Waals surface area contributed by atoms with Gasteiger partial charge in [0.25, 0.3) is 0 Å². The van der Waals surface area contributed by atoms with Crippen LogP contribution in [0.4, 0.5) is 0 Å². The summed E-state index contributed by atoms with van der Waals surface area (Å²) in [5.41, 5.74) is 0.395. The predicted molar refractivity (Wildman–Crippen MR) is 60.7 cm³/mol. The summed E-state index contributed by atoms with van der Waals surface area (Å²) >= 11 is 0. The fourth-order valence-corrected chi connectivity index (χ4v) is 1.48. The number of hydrogen-bond acceptors (Lipinski definition) is 3. The largest absolute Gasteiger partial charge is 0.473 e. The van der Waals surface area contributed by atoms with Gasteiger partial charge in [-0.1, -0.05) is 12.1 Å². The minimum Gasteiger partial charge on any atom is -0.473 e. The van der Waals surface area contributed by atoms with Crippen molar-refractivity contribution in [3.63, 3.8) is 0 Å². The Hall–Kier alpha value is -1.06. The average molecular weight is 228 g/mol.